The highest BCUT2D eigenvalue weighted by molar-refractivity contribution is 5.73. The molecule has 106 valence electrons. The third-order valence-electron chi connectivity index (χ3n) is 2.08. The van der Waals surface area contributed by atoms with Crippen LogP contribution < -0.4 is 10.3 Å². The molecule has 1 aromatic heterocycles. The van der Waals surface area contributed by atoms with Gasteiger partial charge in [-0.05, 0) is 13.8 Å². The number of esters is 1. The predicted molar refractivity (Wildman–Crippen MR) is 58.8 cm³/mol. The quantitative estimate of drug-likeness (QED) is 0.851. The number of halogens is 3. The molecule has 0 spiro atoms. The molecule has 0 atom stereocenters. The van der Waals surface area contributed by atoms with Crippen molar-refractivity contribution in [2.75, 3.05) is 6.61 Å². The van der Waals surface area contributed by atoms with Gasteiger partial charge in [0.25, 0.3) is 5.56 Å². The molecule has 0 fully saturated rings. The van der Waals surface area contributed by atoms with Gasteiger partial charge in [-0.15, -0.1) is 13.2 Å². The molecule has 8 heteroatoms. The highest BCUT2D eigenvalue weighted by Crippen LogP contribution is 2.25. The van der Waals surface area contributed by atoms with E-state index in [0.29, 0.717) is 0 Å². The monoisotopic (exact) mass is 279 g/mol. The Balaban J connectivity index is 3.13. The summed E-state index contributed by atoms with van der Waals surface area (Å²) in [7, 11) is 0. The molecule has 0 unspecified atom stereocenters. The normalized spacial score (nSPS) is 11.2. The van der Waals surface area contributed by atoms with Crippen molar-refractivity contribution >= 4 is 5.97 Å². The lowest BCUT2D eigenvalue weighted by molar-refractivity contribution is -0.275. The van der Waals surface area contributed by atoms with Crippen LogP contribution in [0.25, 0.3) is 0 Å². The number of aromatic amines is 1. The Hall–Kier alpha value is -1.99. The number of ether oxygens (including phenoxy) is 2. The molecule has 0 aromatic carbocycles. The second-order valence-corrected chi connectivity index (χ2v) is 3.65. The van der Waals surface area contributed by atoms with Gasteiger partial charge >= 0.3 is 12.3 Å². The topological polar surface area (TPSA) is 68.4 Å². The summed E-state index contributed by atoms with van der Waals surface area (Å²) in [5.74, 6) is -1.49. The van der Waals surface area contributed by atoms with E-state index < -0.39 is 35.6 Å². The number of aromatic nitrogens is 1. The van der Waals surface area contributed by atoms with E-state index in [2.05, 4.69) is 14.5 Å². The summed E-state index contributed by atoms with van der Waals surface area (Å²) in [6.07, 6.45) is -5.53. The molecular weight excluding hydrogens is 267 g/mol. The maximum Gasteiger partial charge on any atom is 0.573 e. The van der Waals surface area contributed by atoms with Gasteiger partial charge in [-0.2, -0.15) is 0 Å². The van der Waals surface area contributed by atoms with Crippen LogP contribution in [0.1, 0.15) is 18.2 Å². The molecule has 0 aliphatic carbocycles. The van der Waals surface area contributed by atoms with Gasteiger partial charge in [0, 0.05) is 11.8 Å². The van der Waals surface area contributed by atoms with Gasteiger partial charge in [0.2, 0.25) is 0 Å². The Kier molecular flexibility index (Phi) is 4.57. The average molecular weight is 279 g/mol. The van der Waals surface area contributed by atoms with Crippen LogP contribution in [0.15, 0.2) is 10.9 Å². The zero-order valence-electron chi connectivity index (χ0n) is 10.3. The van der Waals surface area contributed by atoms with Crippen molar-refractivity contribution in [3.8, 4) is 5.75 Å². The van der Waals surface area contributed by atoms with Gasteiger partial charge in [0.1, 0.15) is 5.75 Å². The van der Waals surface area contributed by atoms with Crippen LogP contribution in [0.3, 0.4) is 0 Å². The summed E-state index contributed by atoms with van der Waals surface area (Å²) < 4.78 is 45.0. The summed E-state index contributed by atoms with van der Waals surface area (Å²) in [6.45, 7) is 3.02. The zero-order valence-corrected chi connectivity index (χ0v) is 10.3. The first-order chi connectivity index (χ1) is 8.73. The van der Waals surface area contributed by atoms with Crippen LogP contribution in [0.2, 0.25) is 0 Å². The minimum Gasteiger partial charge on any atom is -0.466 e. The van der Waals surface area contributed by atoms with Crippen LogP contribution in [-0.2, 0) is 16.0 Å². The van der Waals surface area contributed by atoms with Crippen molar-refractivity contribution < 1.29 is 27.4 Å². The molecule has 0 amide bonds. The molecule has 5 nitrogen and oxygen atoms in total. The number of carbonyl (C=O) groups is 1. The van der Waals surface area contributed by atoms with E-state index in [1.165, 1.54) is 6.92 Å². The van der Waals surface area contributed by atoms with Crippen LogP contribution >= 0.6 is 0 Å². The Labute approximate surface area is 106 Å². The first-order valence-electron chi connectivity index (χ1n) is 5.37. The second-order valence-electron chi connectivity index (χ2n) is 3.65. The molecule has 19 heavy (non-hydrogen) atoms. The molecule has 0 radical (unpaired) electrons. The van der Waals surface area contributed by atoms with Crippen molar-refractivity contribution in [3.05, 3.63) is 27.7 Å². The molecule has 1 aromatic rings. The van der Waals surface area contributed by atoms with E-state index in [1.54, 1.807) is 6.92 Å². The molecule has 0 aliphatic heterocycles. The third-order valence-corrected chi connectivity index (χ3v) is 2.08. The van der Waals surface area contributed by atoms with Crippen molar-refractivity contribution in [1.82, 2.24) is 4.98 Å². The van der Waals surface area contributed by atoms with E-state index in [4.69, 9.17) is 0 Å². The Morgan fingerprint density at radius 1 is 1.42 bits per heavy atom. The molecule has 0 saturated carbocycles. The zero-order chi connectivity index (χ0) is 14.6. The van der Waals surface area contributed by atoms with Gasteiger partial charge in [-0.25, -0.2) is 0 Å². The van der Waals surface area contributed by atoms with Gasteiger partial charge in [0.15, 0.2) is 0 Å². The lowest BCUT2D eigenvalue weighted by Gasteiger charge is -2.13. The summed E-state index contributed by atoms with van der Waals surface area (Å²) in [4.78, 5) is 25.1. The fraction of sp³-hybridized carbons (Fsp3) is 0.455. The molecule has 1 N–H and O–H groups in total. The minimum atomic E-state index is -4.94. The Morgan fingerprint density at radius 2 is 2.05 bits per heavy atom. The summed E-state index contributed by atoms with van der Waals surface area (Å²) in [5, 5.41) is 0. The number of aryl methyl sites for hydroxylation is 1. The smallest absolute Gasteiger partial charge is 0.466 e. The fourth-order valence-electron chi connectivity index (χ4n) is 1.43. The standard InChI is InChI=1S/C11H12F3NO4/c1-3-18-9(16)5-7-8(19-11(12,13)14)4-6(2)15-10(7)17/h4H,3,5H2,1-2H3,(H,15,17). The summed E-state index contributed by atoms with van der Waals surface area (Å²) >= 11 is 0. The molecule has 1 heterocycles. The minimum absolute atomic E-state index is 0.0675. The maximum absolute atomic E-state index is 12.2. The lowest BCUT2D eigenvalue weighted by Crippen LogP contribution is -2.24. The van der Waals surface area contributed by atoms with Crippen molar-refractivity contribution in [2.45, 2.75) is 26.6 Å². The van der Waals surface area contributed by atoms with Crippen LogP contribution in [-0.4, -0.2) is 23.9 Å². The van der Waals surface area contributed by atoms with E-state index in [9.17, 15) is 22.8 Å². The van der Waals surface area contributed by atoms with Gasteiger partial charge in [-0.3, -0.25) is 9.59 Å². The van der Waals surface area contributed by atoms with Gasteiger partial charge < -0.3 is 14.5 Å². The number of pyridine rings is 1. The van der Waals surface area contributed by atoms with E-state index in [-0.39, 0.29) is 12.3 Å². The number of nitrogens with one attached hydrogen (secondary N) is 1. The highest BCUT2D eigenvalue weighted by atomic mass is 19.4. The number of H-pyrrole nitrogens is 1. The molecule has 0 aliphatic rings. The predicted octanol–water partition coefficient (Wildman–Crippen LogP) is 1.69. The number of hydrogen-bond donors (Lipinski definition) is 1. The Bertz CT molecular complexity index is 522. The third kappa shape index (κ3) is 4.65. The van der Waals surface area contributed by atoms with Gasteiger partial charge in [0.05, 0.1) is 18.6 Å². The summed E-state index contributed by atoms with van der Waals surface area (Å²) in [5.41, 5.74) is -1.04. The number of alkyl halides is 3. The summed E-state index contributed by atoms with van der Waals surface area (Å²) in [6, 6.07) is 1.00. The number of rotatable bonds is 4. The average Bonchev–Trinajstić information content (AvgIpc) is 2.21. The molecular formula is C11H12F3NO4. The van der Waals surface area contributed by atoms with Gasteiger partial charge in [-0.1, -0.05) is 0 Å². The second kappa shape index (κ2) is 5.77. The first-order valence-corrected chi connectivity index (χ1v) is 5.37. The largest absolute Gasteiger partial charge is 0.573 e. The van der Waals surface area contributed by atoms with Crippen LogP contribution in [0.5, 0.6) is 5.75 Å². The number of carbonyl (C=O) groups excluding carboxylic acids is 1. The molecule has 0 bridgehead atoms. The number of hydrogen-bond acceptors (Lipinski definition) is 4. The molecule has 0 saturated heterocycles. The van der Waals surface area contributed by atoms with E-state index >= 15 is 0 Å². The Morgan fingerprint density at radius 3 is 2.58 bits per heavy atom. The van der Waals surface area contributed by atoms with Crippen LogP contribution in [0.4, 0.5) is 13.2 Å². The van der Waals surface area contributed by atoms with Crippen molar-refractivity contribution in [3.63, 3.8) is 0 Å². The van der Waals surface area contributed by atoms with Crippen molar-refractivity contribution in [2.24, 2.45) is 0 Å². The van der Waals surface area contributed by atoms with Crippen molar-refractivity contribution in [1.29, 1.82) is 0 Å². The van der Waals surface area contributed by atoms with Crippen LogP contribution in [0, 0.1) is 6.92 Å². The SMILES string of the molecule is CCOC(=O)Cc1c(OC(F)(F)F)cc(C)[nH]c1=O. The van der Waals surface area contributed by atoms with E-state index in [1.807, 2.05) is 0 Å². The fourth-order valence-corrected chi connectivity index (χ4v) is 1.43. The highest BCUT2D eigenvalue weighted by Gasteiger charge is 2.33. The lowest BCUT2D eigenvalue weighted by atomic mass is 10.1. The molecule has 1 rings (SSSR count). The maximum atomic E-state index is 12.2. The first kappa shape index (κ1) is 15.1. The van der Waals surface area contributed by atoms with E-state index in [0.717, 1.165) is 6.07 Å².